The molecule has 28 heavy (non-hydrogen) atoms. The first-order chi connectivity index (χ1) is 13.1. The van der Waals surface area contributed by atoms with E-state index in [1.54, 1.807) is 0 Å². The van der Waals surface area contributed by atoms with Crippen LogP contribution in [0.5, 0.6) is 0 Å². The van der Waals surface area contributed by atoms with Crippen molar-refractivity contribution in [2.45, 2.75) is 56.8 Å². The summed E-state index contributed by atoms with van der Waals surface area (Å²) in [6, 6.07) is -4.05. The van der Waals surface area contributed by atoms with Crippen LogP contribution in [-0.2, 0) is 9.59 Å². The molecule has 0 bridgehead atoms. The zero-order valence-corrected chi connectivity index (χ0v) is 15.5. The highest BCUT2D eigenvalue weighted by Crippen LogP contribution is 2.19. The van der Waals surface area contributed by atoms with Crippen LogP contribution in [0.4, 0.5) is 4.79 Å². The maximum absolute atomic E-state index is 12.2. The number of urea groups is 1. The Balaban J connectivity index is 2.83. The number of carboxylic acid groups (broad SMARTS) is 1. The summed E-state index contributed by atoms with van der Waals surface area (Å²) in [5.41, 5.74) is 16.3. The minimum atomic E-state index is -1.21. The maximum Gasteiger partial charge on any atom is 0.326 e. The number of rotatable bonds is 12. The quantitative estimate of drug-likeness (QED) is 0.195. The van der Waals surface area contributed by atoms with Gasteiger partial charge in [-0.15, -0.1) is 10.2 Å². The second kappa shape index (κ2) is 11.2. The lowest BCUT2D eigenvalue weighted by Crippen LogP contribution is -2.47. The zero-order valence-electron chi connectivity index (χ0n) is 15.5. The Kier molecular flexibility index (Phi) is 9.27. The Hall–Kier alpha value is -2.77. The molecule has 1 aromatic rings. The second-order valence-corrected chi connectivity index (χ2v) is 6.26. The molecule has 2 unspecified atom stereocenters. The molecular weight excluding hydrogens is 374 g/mol. The minimum Gasteiger partial charge on any atom is -0.480 e. The van der Waals surface area contributed by atoms with Crippen LogP contribution in [0.1, 0.15) is 56.5 Å². The number of nitrogens with zero attached hydrogens (tertiary/aromatic N) is 2. The number of primary amides is 1. The van der Waals surface area contributed by atoms with Gasteiger partial charge in [0, 0.05) is 0 Å². The molecule has 0 aliphatic carbocycles. The van der Waals surface area contributed by atoms with Gasteiger partial charge in [0.15, 0.2) is 0 Å². The molecule has 10 N–H and O–H groups in total. The molecule has 0 saturated carbocycles. The van der Waals surface area contributed by atoms with Crippen molar-refractivity contribution in [1.29, 1.82) is 0 Å². The Morgan fingerprint density at radius 1 is 1.18 bits per heavy atom. The SMILES string of the molecule is CC(O)C(N)c1nnc([C@H](CC(N)=O)NC(=O)N[C@@H](CCCCN)C(=O)O)o1. The number of aliphatic hydroxyl groups is 1. The molecule has 13 heteroatoms. The number of aliphatic carboxylic acids is 1. The minimum absolute atomic E-state index is 0.0909. The molecule has 13 nitrogen and oxygen atoms in total. The molecule has 3 amide bonds. The fourth-order valence-electron chi connectivity index (χ4n) is 2.24. The van der Waals surface area contributed by atoms with E-state index in [2.05, 4.69) is 20.8 Å². The zero-order chi connectivity index (χ0) is 21.3. The van der Waals surface area contributed by atoms with E-state index in [4.69, 9.17) is 21.6 Å². The number of hydrogen-bond donors (Lipinski definition) is 7. The summed E-state index contributed by atoms with van der Waals surface area (Å²) in [6.07, 6.45) is -0.0175. The molecule has 1 aromatic heterocycles. The molecule has 0 aromatic carbocycles. The highest BCUT2D eigenvalue weighted by molar-refractivity contribution is 5.83. The third-order valence-electron chi connectivity index (χ3n) is 3.82. The molecule has 0 fully saturated rings. The first kappa shape index (κ1) is 23.3. The van der Waals surface area contributed by atoms with E-state index < -0.39 is 42.1 Å². The topological polar surface area (TPSA) is 233 Å². The Morgan fingerprint density at radius 2 is 1.82 bits per heavy atom. The molecular formula is C15H27N7O6. The van der Waals surface area contributed by atoms with E-state index in [1.807, 2.05) is 0 Å². The van der Waals surface area contributed by atoms with Gasteiger partial charge in [0.1, 0.15) is 18.1 Å². The van der Waals surface area contributed by atoms with Crippen LogP contribution in [0.2, 0.25) is 0 Å². The summed E-state index contributed by atoms with van der Waals surface area (Å²) in [5.74, 6) is -2.22. The Bertz CT molecular complexity index is 665. The molecule has 4 atom stereocenters. The number of hydrogen-bond acceptors (Lipinski definition) is 9. The molecule has 1 rings (SSSR count). The van der Waals surface area contributed by atoms with E-state index in [9.17, 15) is 24.6 Å². The monoisotopic (exact) mass is 401 g/mol. The first-order valence-electron chi connectivity index (χ1n) is 8.70. The number of nitrogens with two attached hydrogens (primary N) is 3. The van der Waals surface area contributed by atoms with Crippen molar-refractivity contribution in [2.75, 3.05) is 6.54 Å². The first-order valence-corrected chi connectivity index (χ1v) is 8.70. The van der Waals surface area contributed by atoms with Crippen LogP contribution in [0.25, 0.3) is 0 Å². The van der Waals surface area contributed by atoms with Crippen molar-refractivity contribution in [1.82, 2.24) is 20.8 Å². The normalized spacial score (nSPS) is 15.3. The van der Waals surface area contributed by atoms with Gasteiger partial charge in [0.25, 0.3) is 0 Å². The van der Waals surface area contributed by atoms with Gasteiger partial charge < -0.3 is 42.5 Å². The lowest BCUT2D eigenvalue weighted by atomic mass is 10.1. The lowest BCUT2D eigenvalue weighted by molar-refractivity contribution is -0.139. The van der Waals surface area contributed by atoms with Gasteiger partial charge in [-0.3, -0.25) is 4.79 Å². The number of carbonyl (C=O) groups excluding carboxylic acids is 2. The summed E-state index contributed by atoms with van der Waals surface area (Å²) in [6.45, 7) is 1.84. The van der Waals surface area contributed by atoms with Gasteiger partial charge >= 0.3 is 12.0 Å². The van der Waals surface area contributed by atoms with Crippen LogP contribution in [0.3, 0.4) is 0 Å². The molecule has 0 radical (unpaired) electrons. The van der Waals surface area contributed by atoms with Gasteiger partial charge in [0.2, 0.25) is 17.7 Å². The van der Waals surface area contributed by atoms with Gasteiger partial charge in [-0.1, -0.05) is 0 Å². The van der Waals surface area contributed by atoms with E-state index in [0.717, 1.165) is 0 Å². The third kappa shape index (κ3) is 7.46. The summed E-state index contributed by atoms with van der Waals surface area (Å²) in [4.78, 5) is 34.8. The van der Waals surface area contributed by atoms with Crippen LogP contribution in [0.15, 0.2) is 4.42 Å². The fourth-order valence-corrected chi connectivity index (χ4v) is 2.24. The second-order valence-electron chi connectivity index (χ2n) is 6.26. The summed E-state index contributed by atoms with van der Waals surface area (Å²) in [7, 11) is 0. The maximum atomic E-state index is 12.2. The van der Waals surface area contributed by atoms with E-state index in [1.165, 1.54) is 6.92 Å². The number of nitrogens with one attached hydrogen (secondary N) is 2. The van der Waals surface area contributed by atoms with E-state index in [0.29, 0.717) is 19.4 Å². The number of aromatic nitrogens is 2. The molecule has 158 valence electrons. The van der Waals surface area contributed by atoms with Gasteiger partial charge in [-0.05, 0) is 32.7 Å². The summed E-state index contributed by atoms with van der Waals surface area (Å²) in [5, 5.41) is 30.8. The summed E-state index contributed by atoms with van der Waals surface area (Å²) >= 11 is 0. The predicted octanol–water partition coefficient (Wildman–Crippen LogP) is -1.75. The van der Waals surface area contributed by atoms with E-state index >= 15 is 0 Å². The summed E-state index contributed by atoms with van der Waals surface area (Å²) < 4.78 is 5.31. The number of unbranched alkanes of at least 4 members (excludes halogenated alkanes) is 1. The van der Waals surface area contributed by atoms with Crippen molar-refractivity contribution < 1.29 is 29.0 Å². The standard InChI is InChI=1S/C15H27N7O6/c1-7(23)11(18)13-22-21-12(28-13)9(6-10(17)24)20-15(27)19-8(14(25)26)4-2-3-5-16/h7-9,11,23H,2-6,16,18H2,1H3,(H2,17,24)(H,25,26)(H2,19,20,27)/t7?,8-,9-,11?/m0/s1. The van der Waals surface area contributed by atoms with Gasteiger partial charge in [-0.25, -0.2) is 9.59 Å². The Morgan fingerprint density at radius 3 is 2.36 bits per heavy atom. The van der Waals surface area contributed by atoms with Crippen molar-refractivity contribution in [3.8, 4) is 0 Å². The Labute approximate surface area is 161 Å². The molecule has 0 saturated heterocycles. The average Bonchev–Trinajstić information content (AvgIpc) is 3.09. The van der Waals surface area contributed by atoms with Gasteiger partial charge in [0.05, 0.1) is 12.5 Å². The van der Waals surface area contributed by atoms with Crippen molar-refractivity contribution >= 4 is 17.9 Å². The lowest BCUT2D eigenvalue weighted by Gasteiger charge is -2.18. The van der Waals surface area contributed by atoms with E-state index in [-0.39, 0.29) is 24.6 Å². The predicted molar refractivity (Wildman–Crippen MR) is 95.5 cm³/mol. The highest BCUT2D eigenvalue weighted by atomic mass is 16.4. The smallest absolute Gasteiger partial charge is 0.326 e. The highest BCUT2D eigenvalue weighted by Gasteiger charge is 2.27. The average molecular weight is 401 g/mol. The molecule has 0 aliphatic rings. The van der Waals surface area contributed by atoms with Crippen LogP contribution >= 0.6 is 0 Å². The van der Waals surface area contributed by atoms with Crippen LogP contribution in [-0.4, -0.2) is 57.0 Å². The fraction of sp³-hybridized carbons (Fsp3) is 0.667. The van der Waals surface area contributed by atoms with Gasteiger partial charge in [-0.2, -0.15) is 0 Å². The van der Waals surface area contributed by atoms with Crippen LogP contribution < -0.4 is 27.8 Å². The van der Waals surface area contributed by atoms with Crippen molar-refractivity contribution in [2.24, 2.45) is 17.2 Å². The number of amides is 3. The molecule has 0 spiro atoms. The number of aliphatic hydroxyl groups excluding tert-OH is 1. The van der Waals surface area contributed by atoms with Crippen molar-refractivity contribution in [3.05, 3.63) is 11.8 Å². The van der Waals surface area contributed by atoms with Crippen molar-refractivity contribution in [3.63, 3.8) is 0 Å². The molecule has 0 aliphatic heterocycles. The molecule has 1 heterocycles. The number of carboxylic acids is 1. The van der Waals surface area contributed by atoms with Crippen LogP contribution in [0, 0.1) is 0 Å². The largest absolute Gasteiger partial charge is 0.480 e. The number of carbonyl (C=O) groups is 3. The third-order valence-corrected chi connectivity index (χ3v) is 3.82.